The summed E-state index contributed by atoms with van der Waals surface area (Å²) < 4.78 is 0. The van der Waals surface area contributed by atoms with Crippen molar-refractivity contribution >= 4 is 29.3 Å². The van der Waals surface area contributed by atoms with E-state index < -0.39 is 0 Å². The van der Waals surface area contributed by atoms with E-state index in [9.17, 15) is 9.59 Å². The molecule has 1 aliphatic rings. The number of nitrogens with zero attached hydrogens (tertiary/aromatic N) is 2. The van der Waals surface area contributed by atoms with Crippen LogP contribution in [0, 0.1) is 0 Å². The Kier molecular flexibility index (Phi) is 4.47. The van der Waals surface area contributed by atoms with Gasteiger partial charge in [0.2, 0.25) is 11.8 Å². The number of pyridine rings is 1. The summed E-state index contributed by atoms with van der Waals surface area (Å²) in [6.45, 7) is 0.732. The summed E-state index contributed by atoms with van der Waals surface area (Å²) in [6, 6.07) is 12.8. The Morgan fingerprint density at radius 2 is 2.13 bits per heavy atom. The summed E-state index contributed by atoms with van der Waals surface area (Å²) in [5, 5.41) is 2.80. The van der Waals surface area contributed by atoms with Crippen LogP contribution < -0.4 is 10.2 Å². The Labute approximate surface area is 134 Å². The molecule has 0 unspecified atom stereocenters. The SMILES string of the molecule is O=C(/C=C/c1ccccn1)Nc1cccc(N2CCCC2=O)c1. The standard InChI is InChI=1S/C18H17N3O2/c22-17(10-9-14-5-1-2-11-19-14)20-15-6-3-7-16(13-15)21-12-4-8-18(21)23/h1-3,5-7,9-11,13H,4,8,12H2,(H,20,22)/b10-9+. The lowest BCUT2D eigenvalue weighted by Crippen LogP contribution is -2.23. The molecule has 3 rings (SSSR count). The molecule has 1 fully saturated rings. The number of nitrogens with one attached hydrogen (secondary N) is 1. The Morgan fingerprint density at radius 1 is 1.22 bits per heavy atom. The van der Waals surface area contributed by atoms with Crippen LogP contribution in [0.3, 0.4) is 0 Å². The van der Waals surface area contributed by atoms with Crippen LogP contribution in [0.15, 0.2) is 54.7 Å². The number of benzene rings is 1. The lowest BCUT2D eigenvalue weighted by atomic mass is 10.2. The quantitative estimate of drug-likeness (QED) is 0.884. The minimum absolute atomic E-state index is 0.128. The van der Waals surface area contributed by atoms with E-state index in [1.54, 1.807) is 23.2 Å². The molecule has 1 aromatic carbocycles. The Morgan fingerprint density at radius 3 is 2.87 bits per heavy atom. The third-order valence-corrected chi connectivity index (χ3v) is 3.59. The van der Waals surface area contributed by atoms with Gasteiger partial charge in [-0.15, -0.1) is 0 Å². The Balaban J connectivity index is 1.67. The Bertz CT molecular complexity index is 741. The molecule has 1 N–H and O–H groups in total. The second-order valence-corrected chi connectivity index (χ2v) is 5.28. The number of carbonyl (C=O) groups is 2. The number of amides is 2. The van der Waals surface area contributed by atoms with Crippen LogP contribution in [0.25, 0.3) is 6.08 Å². The molecule has 2 amide bonds. The maximum absolute atomic E-state index is 12.0. The largest absolute Gasteiger partial charge is 0.322 e. The molecule has 5 heteroatoms. The molecule has 0 atom stereocenters. The van der Waals surface area contributed by atoms with Gasteiger partial charge >= 0.3 is 0 Å². The van der Waals surface area contributed by atoms with Crippen molar-refractivity contribution in [2.45, 2.75) is 12.8 Å². The van der Waals surface area contributed by atoms with Crippen molar-refractivity contribution in [2.24, 2.45) is 0 Å². The highest BCUT2D eigenvalue weighted by atomic mass is 16.2. The molecular formula is C18H17N3O2. The third-order valence-electron chi connectivity index (χ3n) is 3.59. The highest BCUT2D eigenvalue weighted by Gasteiger charge is 2.21. The minimum atomic E-state index is -0.236. The van der Waals surface area contributed by atoms with E-state index in [1.165, 1.54) is 6.08 Å². The zero-order valence-electron chi connectivity index (χ0n) is 12.6. The first kappa shape index (κ1) is 15.0. The van der Waals surface area contributed by atoms with E-state index in [4.69, 9.17) is 0 Å². The van der Waals surface area contributed by atoms with Crippen LogP contribution >= 0.6 is 0 Å². The van der Waals surface area contributed by atoms with Gasteiger partial charge in [0, 0.05) is 36.6 Å². The van der Waals surface area contributed by atoms with Gasteiger partial charge in [0.15, 0.2) is 0 Å². The second-order valence-electron chi connectivity index (χ2n) is 5.28. The van der Waals surface area contributed by atoms with Crippen LogP contribution in [0.5, 0.6) is 0 Å². The zero-order chi connectivity index (χ0) is 16.1. The molecule has 0 bridgehead atoms. The third kappa shape index (κ3) is 3.83. The highest BCUT2D eigenvalue weighted by molar-refractivity contribution is 6.02. The second kappa shape index (κ2) is 6.87. The zero-order valence-corrected chi connectivity index (χ0v) is 12.6. The van der Waals surface area contributed by atoms with Crippen molar-refractivity contribution in [3.05, 3.63) is 60.4 Å². The fourth-order valence-corrected chi connectivity index (χ4v) is 2.49. The van der Waals surface area contributed by atoms with Crippen molar-refractivity contribution in [1.82, 2.24) is 4.98 Å². The van der Waals surface area contributed by atoms with Crippen LogP contribution in [0.1, 0.15) is 18.5 Å². The van der Waals surface area contributed by atoms with Gasteiger partial charge < -0.3 is 10.2 Å². The maximum Gasteiger partial charge on any atom is 0.248 e. The first-order valence-corrected chi connectivity index (χ1v) is 7.53. The average molecular weight is 307 g/mol. The first-order valence-electron chi connectivity index (χ1n) is 7.53. The monoisotopic (exact) mass is 307 g/mol. The maximum atomic E-state index is 12.0. The van der Waals surface area contributed by atoms with Gasteiger partial charge in [-0.1, -0.05) is 12.1 Å². The molecule has 1 aliphatic heterocycles. The number of aromatic nitrogens is 1. The van der Waals surface area contributed by atoms with Crippen molar-refractivity contribution in [3.8, 4) is 0 Å². The summed E-state index contributed by atoms with van der Waals surface area (Å²) >= 11 is 0. The van der Waals surface area contributed by atoms with Crippen LogP contribution in [0.2, 0.25) is 0 Å². The summed E-state index contributed by atoms with van der Waals surface area (Å²) in [6.07, 6.45) is 6.24. The van der Waals surface area contributed by atoms with E-state index >= 15 is 0 Å². The molecule has 2 aromatic rings. The number of rotatable bonds is 4. The summed E-state index contributed by atoms with van der Waals surface area (Å²) in [5.41, 5.74) is 2.20. The van der Waals surface area contributed by atoms with Crippen molar-refractivity contribution in [3.63, 3.8) is 0 Å². The summed E-state index contributed by atoms with van der Waals surface area (Å²) in [5.74, 6) is -0.107. The van der Waals surface area contributed by atoms with E-state index in [0.717, 1.165) is 24.3 Å². The normalized spacial score (nSPS) is 14.4. The van der Waals surface area contributed by atoms with Gasteiger partial charge in [-0.05, 0) is 42.8 Å². The van der Waals surface area contributed by atoms with Gasteiger partial charge in [0.05, 0.1) is 5.69 Å². The number of carbonyl (C=O) groups excluding carboxylic acids is 2. The molecule has 0 radical (unpaired) electrons. The van der Waals surface area contributed by atoms with Gasteiger partial charge in [-0.3, -0.25) is 14.6 Å². The summed E-state index contributed by atoms with van der Waals surface area (Å²) in [7, 11) is 0. The van der Waals surface area contributed by atoms with Gasteiger partial charge in [-0.2, -0.15) is 0 Å². The molecule has 0 saturated carbocycles. The van der Waals surface area contributed by atoms with Gasteiger partial charge in [-0.25, -0.2) is 0 Å². The van der Waals surface area contributed by atoms with E-state index in [2.05, 4.69) is 10.3 Å². The molecule has 0 aliphatic carbocycles. The predicted octanol–water partition coefficient (Wildman–Crippen LogP) is 2.86. The molecular weight excluding hydrogens is 290 g/mol. The number of anilines is 2. The minimum Gasteiger partial charge on any atom is -0.322 e. The smallest absolute Gasteiger partial charge is 0.248 e. The number of hydrogen-bond donors (Lipinski definition) is 1. The van der Waals surface area contributed by atoms with Crippen molar-refractivity contribution in [2.75, 3.05) is 16.8 Å². The Hall–Kier alpha value is -2.95. The number of hydrogen-bond acceptors (Lipinski definition) is 3. The van der Waals surface area contributed by atoms with Crippen molar-refractivity contribution in [1.29, 1.82) is 0 Å². The molecule has 116 valence electrons. The molecule has 23 heavy (non-hydrogen) atoms. The molecule has 2 heterocycles. The predicted molar refractivity (Wildman–Crippen MR) is 89.9 cm³/mol. The topological polar surface area (TPSA) is 62.3 Å². The van der Waals surface area contributed by atoms with Crippen LogP contribution in [-0.4, -0.2) is 23.3 Å². The van der Waals surface area contributed by atoms with Crippen LogP contribution in [0.4, 0.5) is 11.4 Å². The fourth-order valence-electron chi connectivity index (χ4n) is 2.49. The van der Waals surface area contributed by atoms with Gasteiger partial charge in [0.1, 0.15) is 0 Å². The van der Waals surface area contributed by atoms with Crippen LogP contribution in [-0.2, 0) is 9.59 Å². The first-order chi connectivity index (χ1) is 11.2. The lowest BCUT2D eigenvalue weighted by molar-refractivity contribution is -0.117. The van der Waals surface area contributed by atoms with E-state index in [-0.39, 0.29) is 11.8 Å². The van der Waals surface area contributed by atoms with E-state index in [0.29, 0.717) is 12.1 Å². The average Bonchev–Trinajstić information content (AvgIpc) is 3.00. The molecule has 0 spiro atoms. The van der Waals surface area contributed by atoms with E-state index in [1.807, 2.05) is 36.4 Å². The fraction of sp³-hybridized carbons (Fsp3) is 0.167. The molecule has 5 nitrogen and oxygen atoms in total. The van der Waals surface area contributed by atoms with Gasteiger partial charge in [0.25, 0.3) is 0 Å². The lowest BCUT2D eigenvalue weighted by Gasteiger charge is -2.16. The highest BCUT2D eigenvalue weighted by Crippen LogP contribution is 2.24. The molecule has 1 saturated heterocycles. The van der Waals surface area contributed by atoms with Crippen molar-refractivity contribution < 1.29 is 9.59 Å². The summed E-state index contributed by atoms with van der Waals surface area (Å²) in [4.78, 5) is 29.6. The molecule has 1 aromatic heterocycles.